The van der Waals surface area contributed by atoms with Crippen molar-refractivity contribution in [1.82, 2.24) is 14.2 Å². The van der Waals surface area contributed by atoms with Gasteiger partial charge in [0, 0.05) is 5.71 Å². The maximum atomic E-state index is 12.3. The molecule has 19 heavy (non-hydrogen) atoms. The third-order valence-corrected chi connectivity index (χ3v) is 2.46. The first-order valence-corrected chi connectivity index (χ1v) is 6.25. The molecular formula is C9H11F3N4O2S. The fraction of sp³-hybridized carbons (Fsp3) is 0.556. The molecule has 0 amide bonds. The highest BCUT2D eigenvalue weighted by Crippen LogP contribution is 2.15. The van der Waals surface area contributed by atoms with Crippen LogP contribution in [0.1, 0.15) is 13.8 Å². The van der Waals surface area contributed by atoms with Crippen molar-refractivity contribution in [2.75, 3.05) is 6.26 Å². The normalized spacial score (nSPS) is 11.5. The molecule has 0 aliphatic rings. The van der Waals surface area contributed by atoms with Crippen molar-refractivity contribution < 1.29 is 13.2 Å². The fourth-order valence-corrected chi connectivity index (χ4v) is 1.66. The summed E-state index contributed by atoms with van der Waals surface area (Å²) in [6, 6.07) is 0. The summed E-state index contributed by atoms with van der Waals surface area (Å²) in [5, 5.41) is 3.71. The molecule has 1 heterocycles. The van der Waals surface area contributed by atoms with E-state index in [1.807, 2.05) is 0 Å². The molecule has 1 aromatic heterocycles. The molecule has 0 radical (unpaired) electrons. The van der Waals surface area contributed by atoms with Crippen LogP contribution in [-0.4, -0.2) is 32.4 Å². The van der Waals surface area contributed by atoms with Gasteiger partial charge in [-0.1, -0.05) is 11.8 Å². The van der Waals surface area contributed by atoms with Crippen molar-refractivity contribution in [1.29, 1.82) is 0 Å². The van der Waals surface area contributed by atoms with Crippen LogP contribution in [0.3, 0.4) is 0 Å². The summed E-state index contributed by atoms with van der Waals surface area (Å²) < 4.78 is 37.6. The van der Waals surface area contributed by atoms with Gasteiger partial charge in [0.15, 0.2) is 5.16 Å². The van der Waals surface area contributed by atoms with Crippen molar-refractivity contribution in [3.05, 3.63) is 21.0 Å². The molecule has 10 heteroatoms. The zero-order chi connectivity index (χ0) is 14.8. The zero-order valence-corrected chi connectivity index (χ0v) is 11.2. The van der Waals surface area contributed by atoms with Crippen LogP contribution in [0.2, 0.25) is 0 Å². The topological polar surface area (TPSA) is 69.2 Å². The standard InChI is InChI=1S/C9H11F3N4O2S/c1-5(2)14-16-7(19-3)13-6(17)15(8(16)18)4-9(10,11)12/h4H2,1-3H3. The molecule has 0 aromatic carbocycles. The van der Waals surface area contributed by atoms with Gasteiger partial charge in [-0.15, -0.1) is 0 Å². The number of alkyl halides is 3. The summed E-state index contributed by atoms with van der Waals surface area (Å²) in [5.74, 6) is 0. The van der Waals surface area contributed by atoms with Gasteiger partial charge in [-0.25, -0.2) is 14.2 Å². The van der Waals surface area contributed by atoms with E-state index in [-0.39, 0.29) is 9.72 Å². The van der Waals surface area contributed by atoms with Crippen LogP contribution < -0.4 is 11.4 Å². The Morgan fingerprint density at radius 1 is 1.37 bits per heavy atom. The molecule has 0 N–H and O–H groups in total. The second kappa shape index (κ2) is 5.59. The first-order valence-electron chi connectivity index (χ1n) is 5.02. The van der Waals surface area contributed by atoms with Crippen LogP contribution in [0.4, 0.5) is 13.2 Å². The predicted molar refractivity (Wildman–Crippen MR) is 64.8 cm³/mol. The lowest BCUT2D eigenvalue weighted by Gasteiger charge is -2.11. The van der Waals surface area contributed by atoms with Gasteiger partial charge in [-0.3, -0.25) is 0 Å². The highest BCUT2D eigenvalue weighted by Gasteiger charge is 2.30. The third-order valence-electron chi connectivity index (χ3n) is 1.84. The quantitative estimate of drug-likeness (QED) is 0.615. The monoisotopic (exact) mass is 296 g/mol. The highest BCUT2D eigenvalue weighted by atomic mass is 32.2. The number of nitrogens with zero attached hydrogens (tertiary/aromatic N) is 4. The van der Waals surface area contributed by atoms with Gasteiger partial charge in [0.1, 0.15) is 6.54 Å². The van der Waals surface area contributed by atoms with E-state index in [1.165, 1.54) is 6.26 Å². The molecule has 0 saturated carbocycles. The van der Waals surface area contributed by atoms with Crippen molar-refractivity contribution in [2.24, 2.45) is 5.10 Å². The van der Waals surface area contributed by atoms with Gasteiger partial charge < -0.3 is 0 Å². The molecule has 1 aromatic rings. The van der Waals surface area contributed by atoms with E-state index >= 15 is 0 Å². The molecule has 6 nitrogen and oxygen atoms in total. The van der Waals surface area contributed by atoms with Gasteiger partial charge in [-0.05, 0) is 20.1 Å². The Bertz CT molecular complexity index is 613. The minimum atomic E-state index is -4.69. The van der Waals surface area contributed by atoms with Crippen LogP contribution in [0.25, 0.3) is 0 Å². The Morgan fingerprint density at radius 3 is 2.37 bits per heavy atom. The Morgan fingerprint density at radius 2 is 1.95 bits per heavy atom. The molecule has 0 saturated heterocycles. The van der Waals surface area contributed by atoms with E-state index in [0.29, 0.717) is 10.4 Å². The second-order valence-corrected chi connectivity index (χ2v) is 4.50. The van der Waals surface area contributed by atoms with Crippen molar-refractivity contribution in [2.45, 2.75) is 31.7 Å². The lowest BCUT2D eigenvalue weighted by molar-refractivity contribution is -0.142. The van der Waals surface area contributed by atoms with Crippen molar-refractivity contribution >= 4 is 17.5 Å². The molecule has 0 spiro atoms. The fourth-order valence-electron chi connectivity index (χ4n) is 1.20. The van der Waals surface area contributed by atoms with Crippen LogP contribution in [0, 0.1) is 0 Å². The summed E-state index contributed by atoms with van der Waals surface area (Å²) in [6.07, 6.45) is -3.15. The van der Waals surface area contributed by atoms with Crippen LogP contribution in [-0.2, 0) is 6.54 Å². The second-order valence-electron chi connectivity index (χ2n) is 3.72. The number of thioether (sulfide) groups is 1. The van der Waals surface area contributed by atoms with Crippen LogP contribution in [0.15, 0.2) is 19.8 Å². The molecule has 0 aliphatic carbocycles. The number of rotatable bonds is 3. The average molecular weight is 296 g/mol. The molecule has 0 aliphatic heterocycles. The summed E-state index contributed by atoms with van der Waals surface area (Å²) in [5.41, 5.74) is -1.97. The summed E-state index contributed by atoms with van der Waals surface area (Å²) in [6.45, 7) is 1.44. The summed E-state index contributed by atoms with van der Waals surface area (Å²) in [4.78, 5) is 26.7. The summed E-state index contributed by atoms with van der Waals surface area (Å²) in [7, 11) is 0. The van der Waals surface area contributed by atoms with E-state index in [0.717, 1.165) is 11.8 Å². The van der Waals surface area contributed by atoms with Crippen molar-refractivity contribution in [3.63, 3.8) is 0 Å². The molecule has 0 fully saturated rings. The predicted octanol–water partition coefficient (Wildman–Crippen LogP) is 0.933. The van der Waals surface area contributed by atoms with E-state index in [4.69, 9.17) is 0 Å². The Balaban J connectivity index is 3.56. The van der Waals surface area contributed by atoms with Gasteiger partial charge in [0.2, 0.25) is 0 Å². The number of halogens is 3. The molecular weight excluding hydrogens is 285 g/mol. The lowest BCUT2D eigenvalue weighted by atomic mass is 10.5. The van der Waals surface area contributed by atoms with Crippen molar-refractivity contribution in [3.8, 4) is 0 Å². The largest absolute Gasteiger partial charge is 0.406 e. The van der Waals surface area contributed by atoms with Crippen LogP contribution in [0.5, 0.6) is 0 Å². The maximum Gasteiger partial charge on any atom is 0.406 e. The maximum absolute atomic E-state index is 12.3. The SMILES string of the molecule is CSc1nc(=O)n(CC(F)(F)F)c(=O)n1N=C(C)C. The number of aromatic nitrogens is 3. The van der Waals surface area contributed by atoms with E-state index in [9.17, 15) is 22.8 Å². The molecule has 106 valence electrons. The number of hydrogen-bond acceptors (Lipinski definition) is 5. The first kappa shape index (κ1) is 15.5. The minimum absolute atomic E-state index is 0.00611. The lowest BCUT2D eigenvalue weighted by Crippen LogP contribution is -2.44. The smallest absolute Gasteiger partial charge is 0.245 e. The minimum Gasteiger partial charge on any atom is -0.245 e. The summed E-state index contributed by atoms with van der Waals surface area (Å²) >= 11 is 0.943. The molecule has 0 unspecified atom stereocenters. The molecule has 0 atom stereocenters. The first-order chi connectivity index (χ1) is 8.65. The Labute approximate surface area is 110 Å². The average Bonchev–Trinajstić information content (AvgIpc) is 2.26. The Kier molecular flexibility index (Phi) is 4.56. The van der Waals surface area contributed by atoms with Gasteiger partial charge >= 0.3 is 17.6 Å². The Hall–Kier alpha value is -1.58. The van der Waals surface area contributed by atoms with E-state index in [1.54, 1.807) is 13.8 Å². The van der Waals surface area contributed by atoms with Gasteiger partial charge in [-0.2, -0.15) is 27.9 Å². The van der Waals surface area contributed by atoms with E-state index < -0.39 is 24.1 Å². The third kappa shape index (κ3) is 3.94. The van der Waals surface area contributed by atoms with E-state index in [2.05, 4.69) is 10.1 Å². The highest BCUT2D eigenvalue weighted by molar-refractivity contribution is 7.98. The van der Waals surface area contributed by atoms with Gasteiger partial charge in [0.05, 0.1) is 0 Å². The molecule has 1 rings (SSSR count). The van der Waals surface area contributed by atoms with Crippen LogP contribution >= 0.6 is 11.8 Å². The number of hydrogen-bond donors (Lipinski definition) is 0. The zero-order valence-electron chi connectivity index (χ0n) is 10.4. The van der Waals surface area contributed by atoms with Gasteiger partial charge in [0.25, 0.3) is 0 Å². The molecule has 0 bridgehead atoms.